The highest BCUT2D eigenvalue weighted by atomic mass is 16.6. The summed E-state index contributed by atoms with van der Waals surface area (Å²) in [7, 11) is 1.18. The Bertz CT molecular complexity index is 324. The van der Waals surface area contributed by atoms with Crippen LogP contribution in [0.1, 0.15) is 0 Å². The molecule has 0 saturated carbocycles. The van der Waals surface area contributed by atoms with Gasteiger partial charge in [0, 0.05) is 0 Å². The number of carboxylic acids is 1. The van der Waals surface area contributed by atoms with Crippen LogP contribution in [0.2, 0.25) is 0 Å². The lowest BCUT2D eigenvalue weighted by Crippen LogP contribution is -1.98. The van der Waals surface area contributed by atoms with Gasteiger partial charge in [-0.25, -0.2) is 9.59 Å². The van der Waals surface area contributed by atoms with E-state index in [9.17, 15) is 9.59 Å². The number of aliphatic carboxylic acids is 1. The molecule has 0 atom stereocenters. The van der Waals surface area contributed by atoms with E-state index in [-0.39, 0.29) is 11.5 Å². The predicted octanol–water partition coefficient (Wildman–Crippen LogP) is -0.0723. The summed E-state index contributed by atoms with van der Waals surface area (Å²) in [6, 6.07) is 0. The van der Waals surface area contributed by atoms with Crippen LogP contribution in [-0.2, 0) is 19.1 Å². The lowest BCUT2D eigenvalue weighted by molar-refractivity contribution is -0.135. The zero-order valence-corrected chi connectivity index (χ0v) is 6.60. The number of carbonyl (C=O) groups excluding carboxylic acids is 1. The van der Waals surface area contributed by atoms with Crippen LogP contribution in [0.5, 0.6) is 0 Å². The summed E-state index contributed by atoms with van der Waals surface area (Å²) in [6.45, 7) is 0. The summed E-state index contributed by atoms with van der Waals surface area (Å²) >= 11 is 0. The first-order valence-electron chi connectivity index (χ1n) is 3.20. The Hall–Kier alpha value is -1.98. The molecule has 6 nitrogen and oxygen atoms in total. The number of hydrogen-bond donors (Lipinski definition) is 2. The quantitative estimate of drug-likeness (QED) is 0.463. The monoisotopic (exact) mass is 186 g/mol. The van der Waals surface area contributed by atoms with E-state index in [1.54, 1.807) is 0 Å². The van der Waals surface area contributed by atoms with E-state index in [0.29, 0.717) is 6.08 Å². The third-order valence-electron chi connectivity index (χ3n) is 1.29. The van der Waals surface area contributed by atoms with Crippen molar-refractivity contribution in [2.45, 2.75) is 0 Å². The molecule has 0 aromatic heterocycles. The molecule has 0 spiro atoms. The molecular formula is C7H6O6. The molecule has 1 rings (SSSR count). The molecule has 0 unspecified atom stereocenters. The highest BCUT2D eigenvalue weighted by molar-refractivity contribution is 5.93. The Morgan fingerprint density at radius 3 is 2.69 bits per heavy atom. The van der Waals surface area contributed by atoms with Crippen molar-refractivity contribution in [1.29, 1.82) is 0 Å². The number of carboxylic acid groups (broad SMARTS) is 1. The fourth-order valence-electron chi connectivity index (χ4n) is 0.808. The SMILES string of the molecule is COC1=C(O)C(=O)OC1=CC(=O)O. The molecule has 0 bridgehead atoms. The van der Waals surface area contributed by atoms with Gasteiger partial charge in [-0.15, -0.1) is 0 Å². The van der Waals surface area contributed by atoms with Gasteiger partial charge in [-0.3, -0.25) is 0 Å². The Morgan fingerprint density at radius 1 is 1.62 bits per heavy atom. The van der Waals surface area contributed by atoms with Crippen LogP contribution < -0.4 is 0 Å². The normalized spacial score (nSPS) is 19.2. The van der Waals surface area contributed by atoms with Crippen LogP contribution in [0.25, 0.3) is 0 Å². The zero-order chi connectivity index (χ0) is 10.0. The lowest BCUT2D eigenvalue weighted by atomic mass is 10.3. The van der Waals surface area contributed by atoms with Crippen LogP contribution in [-0.4, -0.2) is 29.3 Å². The number of methoxy groups -OCH3 is 1. The van der Waals surface area contributed by atoms with E-state index in [4.69, 9.17) is 10.2 Å². The largest absolute Gasteiger partial charge is 0.499 e. The second-order valence-electron chi connectivity index (χ2n) is 2.12. The summed E-state index contributed by atoms with van der Waals surface area (Å²) in [6.07, 6.45) is 0.625. The molecule has 2 N–H and O–H groups in total. The Labute approximate surface area is 72.7 Å². The first kappa shape index (κ1) is 9.11. The number of rotatable bonds is 2. The van der Waals surface area contributed by atoms with Crippen LogP contribution in [0.4, 0.5) is 0 Å². The maximum absolute atomic E-state index is 10.7. The van der Waals surface area contributed by atoms with Gasteiger partial charge in [-0.1, -0.05) is 0 Å². The highest BCUT2D eigenvalue weighted by Gasteiger charge is 2.31. The first-order valence-corrected chi connectivity index (χ1v) is 3.20. The minimum atomic E-state index is -1.30. The van der Waals surface area contributed by atoms with Crippen molar-refractivity contribution < 1.29 is 29.3 Å². The molecule has 0 saturated heterocycles. The van der Waals surface area contributed by atoms with Gasteiger partial charge in [-0.2, -0.15) is 0 Å². The van der Waals surface area contributed by atoms with E-state index in [2.05, 4.69) is 9.47 Å². The van der Waals surface area contributed by atoms with Crippen molar-refractivity contribution in [3.05, 3.63) is 23.4 Å². The third-order valence-corrected chi connectivity index (χ3v) is 1.29. The molecule has 1 aliphatic rings. The smallest absolute Gasteiger partial charge is 0.383 e. The van der Waals surface area contributed by atoms with E-state index >= 15 is 0 Å². The van der Waals surface area contributed by atoms with Crippen LogP contribution >= 0.6 is 0 Å². The topological polar surface area (TPSA) is 93.1 Å². The molecule has 13 heavy (non-hydrogen) atoms. The molecule has 0 radical (unpaired) electrons. The van der Waals surface area contributed by atoms with Crippen molar-refractivity contribution in [3.8, 4) is 0 Å². The second kappa shape index (κ2) is 3.18. The summed E-state index contributed by atoms with van der Waals surface area (Å²) in [5, 5.41) is 17.3. The van der Waals surface area contributed by atoms with Gasteiger partial charge in [0.15, 0.2) is 5.76 Å². The molecule has 0 aromatic rings. The minimum Gasteiger partial charge on any atom is -0.499 e. The average molecular weight is 186 g/mol. The number of cyclic esters (lactones) is 1. The van der Waals surface area contributed by atoms with Gasteiger partial charge in [0.1, 0.15) is 0 Å². The Balaban J connectivity index is 3.06. The van der Waals surface area contributed by atoms with Crippen molar-refractivity contribution >= 4 is 11.9 Å². The Kier molecular flexibility index (Phi) is 2.23. The summed E-state index contributed by atoms with van der Waals surface area (Å²) in [5.41, 5.74) is 0. The average Bonchev–Trinajstić information content (AvgIpc) is 2.27. The molecule has 70 valence electrons. The molecule has 0 fully saturated rings. The van der Waals surface area contributed by atoms with Gasteiger partial charge >= 0.3 is 11.9 Å². The molecule has 1 aliphatic heterocycles. The Morgan fingerprint density at radius 2 is 2.23 bits per heavy atom. The maximum Gasteiger partial charge on any atom is 0.383 e. The minimum absolute atomic E-state index is 0.271. The van der Waals surface area contributed by atoms with Crippen LogP contribution in [0.15, 0.2) is 23.4 Å². The number of hydrogen-bond acceptors (Lipinski definition) is 5. The summed E-state index contributed by atoms with van der Waals surface area (Å²) in [4.78, 5) is 20.9. The predicted molar refractivity (Wildman–Crippen MR) is 38.5 cm³/mol. The van der Waals surface area contributed by atoms with Gasteiger partial charge in [0.25, 0.3) is 0 Å². The molecule has 1 heterocycles. The van der Waals surface area contributed by atoms with E-state index in [1.807, 2.05) is 0 Å². The maximum atomic E-state index is 10.7. The van der Waals surface area contributed by atoms with E-state index in [1.165, 1.54) is 7.11 Å². The summed E-state index contributed by atoms with van der Waals surface area (Å²) < 4.78 is 8.94. The fourth-order valence-corrected chi connectivity index (χ4v) is 0.808. The number of carbonyl (C=O) groups is 2. The number of aliphatic hydroxyl groups is 1. The van der Waals surface area contributed by atoms with Crippen molar-refractivity contribution in [3.63, 3.8) is 0 Å². The van der Waals surface area contributed by atoms with E-state index < -0.39 is 17.7 Å². The van der Waals surface area contributed by atoms with Crippen LogP contribution in [0, 0.1) is 0 Å². The van der Waals surface area contributed by atoms with Crippen molar-refractivity contribution in [1.82, 2.24) is 0 Å². The lowest BCUT2D eigenvalue weighted by Gasteiger charge is -1.98. The van der Waals surface area contributed by atoms with Gasteiger partial charge < -0.3 is 19.7 Å². The van der Waals surface area contributed by atoms with Crippen LogP contribution in [0.3, 0.4) is 0 Å². The third kappa shape index (κ3) is 1.61. The number of esters is 1. The van der Waals surface area contributed by atoms with E-state index in [0.717, 1.165) is 0 Å². The molecular weight excluding hydrogens is 180 g/mol. The number of ether oxygens (including phenoxy) is 2. The number of aliphatic hydroxyl groups excluding tert-OH is 1. The highest BCUT2D eigenvalue weighted by Crippen LogP contribution is 2.24. The molecule has 6 heteroatoms. The van der Waals surface area contributed by atoms with Crippen molar-refractivity contribution in [2.75, 3.05) is 7.11 Å². The first-order chi connectivity index (χ1) is 6.06. The van der Waals surface area contributed by atoms with Crippen molar-refractivity contribution in [2.24, 2.45) is 0 Å². The molecule has 0 aromatic carbocycles. The van der Waals surface area contributed by atoms with Gasteiger partial charge in [0.05, 0.1) is 13.2 Å². The van der Waals surface area contributed by atoms with Gasteiger partial charge in [0.2, 0.25) is 11.5 Å². The molecule has 0 aliphatic carbocycles. The van der Waals surface area contributed by atoms with Gasteiger partial charge in [-0.05, 0) is 0 Å². The summed E-state index contributed by atoms with van der Waals surface area (Å²) in [5.74, 6) is -3.63. The standard InChI is InChI=1S/C7H6O6/c1-12-6-3(2-4(8)9)13-7(11)5(6)10/h2,10H,1H3,(H,8,9). The second-order valence-corrected chi connectivity index (χ2v) is 2.12. The fraction of sp³-hybridized carbons (Fsp3) is 0.143. The zero-order valence-electron chi connectivity index (χ0n) is 6.60. The molecule has 0 amide bonds.